The van der Waals surface area contributed by atoms with Crippen molar-refractivity contribution in [1.82, 2.24) is 4.90 Å². The summed E-state index contributed by atoms with van der Waals surface area (Å²) in [4.78, 5) is 15.1. The van der Waals surface area contributed by atoms with E-state index in [0.717, 1.165) is 32.5 Å². The maximum absolute atomic E-state index is 11.2. The summed E-state index contributed by atoms with van der Waals surface area (Å²) in [5, 5.41) is 2.12. The summed E-state index contributed by atoms with van der Waals surface area (Å²) in [5.74, 6) is 0.448. The number of carbonyl (C=O) groups excluding carboxylic acids is 1. The fourth-order valence-corrected chi connectivity index (χ4v) is 3.04. The van der Waals surface area contributed by atoms with Crippen LogP contribution in [-0.4, -0.2) is 31.1 Å². The number of hydrogen-bond donors (Lipinski definition) is 0. The predicted octanol–water partition coefficient (Wildman–Crippen LogP) is 3.16. The molecule has 18 heavy (non-hydrogen) atoms. The first kappa shape index (κ1) is 15.2. The first-order valence-corrected chi connectivity index (χ1v) is 6.97. The molecule has 1 fully saturated rings. The Hall–Kier alpha value is -0.870. The number of nitrogens with zero attached hydrogens (tertiary/aromatic N) is 1. The van der Waals surface area contributed by atoms with Crippen LogP contribution in [-0.2, 0) is 16.1 Å². The lowest BCUT2D eigenvalue weighted by Gasteiger charge is -2.31. The first-order valence-electron chi connectivity index (χ1n) is 6.09. The molecule has 0 aliphatic carbocycles. The largest absolute Gasteiger partial charge is 0.469 e. The third-order valence-corrected chi connectivity index (χ3v) is 4.21. The standard InChI is InChI=1S/C13H19NO2S.CH4/c1-16-13(15)9-11-4-6-14(7-5-11)10-12-3-2-8-17-12;/h2-3,8,11H,4-7,9-10H2,1H3;1H4. The first-order chi connectivity index (χ1) is 8.28. The number of ether oxygens (including phenoxy) is 1. The molecule has 102 valence electrons. The Bertz CT molecular complexity index is 343. The molecule has 0 amide bonds. The molecule has 1 aliphatic heterocycles. The lowest BCUT2D eigenvalue weighted by atomic mass is 9.93. The van der Waals surface area contributed by atoms with E-state index >= 15 is 0 Å². The highest BCUT2D eigenvalue weighted by atomic mass is 32.1. The summed E-state index contributed by atoms with van der Waals surface area (Å²) in [6, 6.07) is 4.29. The number of methoxy groups -OCH3 is 1. The summed E-state index contributed by atoms with van der Waals surface area (Å²) in [7, 11) is 1.47. The van der Waals surface area contributed by atoms with Gasteiger partial charge in [-0.05, 0) is 43.3 Å². The summed E-state index contributed by atoms with van der Waals surface area (Å²) in [5.41, 5.74) is 0. The summed E-state index contributed by atoms with van der Waals surface area (Å²) in [6.45, 7) is 3.25. The minimum Gasteiger partial charge on any atom is -0.469 e. The van der Waals surface area contributed by atoms with Crippen LogP contribution in [0.4, 0.5) is 0 Å². The van der Waals surface area contributed by atoms with E-state index < -0.39 is 0 Å². The lowest BCUT2D eigenvalue weighted by molar-refractivity contribution is -0.142. The zero-order valence-electron chi connectivity index (χ0n) is 10.2. The number of likely N-dealkylation sites (tertiary alicyclic amines) is 1. The highest BCUT2D eigenvalue weighted by Crippen LogP contribution is 2.23. The van der Waals surface area contributed by atoms with Crippen LogP contribution in [0.1, 0.15) is 31.6 Å². The van der Waals surface area contributed by atoms with Crippen LogP contribution < -0.4 is 0 Å². The minimum absolute atomic E-state index is 0. The van der Waals surface area contributed by atoms with Crippen LogP contribution in [0.15, 0.2) is 17.5 Å². The van der Waals surface area contributed by atoms with Gasteiger partial charge >= 0.3 is 5.97 Å². The van der Waals surface area contributed by atoms with Gasteiger partial charge in [0.2, 0.25) is 0 Å². The van der Waals surface area contributed by atoms with E-state index in [4.69, 9.17) is 4.74 Å². The monoisotopic (exact) mass is 269 g/mol. The Kier molecular flexibility index (Phi) is 6.36. The van der Waals surface area contributed by atoms with E-state index in [0.29, 0.717) is 12.3 Å². The molecule has 0 unspecified atom stereocenters. The van der Waals surface area contributed by atoms with Crippen LogP contribution in [0.2, 0.25) is 0 Å². The molecule has 0 bridgehead atoms. The van der Waals surface area contributed by atoms with Crippen LogP contribution in [0.5, 0.6) is 0 Å². The molecule has 0 radical (unpaired) electrons. The average molecular weight is 269 g/mol. The van der Waals surface area contributed by atoms with E-state index in [1.807, 2.05) is 11.3 Å². The molecule has 0 spiro atoms. The van der Waals surface area contributed by atoms with Crippen molar-refractivity contribution in [3.63, 3.8) is 0 Å². The van der Waals surface area contributed by atoms with E-state index in [-0.39, 0.29) is 13.4 Å². The topological polar surface area (TPSA) is 29.5 Å². The summed E-state index contributed by atoms with van der Waals surface area (Å²) in [6.07, 6.45) is 2.81. The Morgan fingerprint density at radius 3 is 2.78 bits per heavy atom. The molecular weight excluding hydrogens is 246 g/mol. The van der Waals surface area contributed by atoms with Gasteiger partial charge in [-0.2, -0.15) is 0 Å². The van der Waals surface area contributed by atoms with Gasteiger partial charge in [-0.25, -0.2) is 0 Å². The fourth-order valence-electron chi connectivity index (χ4n) is 2.29. The molecule has 3 nitrogen and oxygen atoms in total. The smallest absolute Gasteiger partial charge is 0.305 e. The van der Waals surface area contributed by atoms with Crippen molar-refractivity contribution in [3.8, 4) is 0 Å². The highest BCUT2D eigenvalue weighted by molar-refractivity contribution is 7.09. The Morgan fingerprint density at radius 1 is 1.50 bits per heavy atom. The third-order valence-electron chi connectivity index (χ3n) is 3.35. The number of thiophene rings is 1. The molecule has 1 aromatic rings. The van der Waals surface area contributed by atoms with Crippen molar-refractivity contribution in [2.24, 2.45) is 5.92 Å². The molecule has 2 rings (SSSR count). The second-order valence-electron chi connectivity index (χ2n) is 4.58. The van der Waals surface area contributed by atoms with Gasteiger partial charge in [0.1, 0.15) is 0 Å². The number of esters is 1. The molecule has 4 heteroatoms. The SMILES string of the molecule is C.COC(=O)CC1CCN(Cc2cccs2)CC1. The van der Waals surface area contributed by atoms with E-state index in [2.05, 4.69) is 22.4 Å². The van der Waals surface area contributed by atoms with Crippen LogP contribution in [0.3, 0.4) is 0 Å². The second kappa shape index (κ2) is 7.54. The molecule has 0 atom stereocenters. The lowest BCUT2D eigenvalue weighted by Crippen LogP contribution is -2.33. The van der Waals surface area contributed by atoms with E-state index in [1.54, 1.807) is 0 Å². The molecule has 0 N–H and O–H groups in total. The van der Waals surface area contributed by atoms with Crippen molar-refractivity contribution in [3.05, 3.63) is 22.4 Å². The van der Waals surface area contributed by atoms with Gasteiger partial charge in [-0.15, -0.1) is 11.3 Å². The summed E-state index contributed by atoms with van der Waals surface area (Å²) < 4.78 is 4.71. The Labute approximate surface area is 114 Å². The van der Waals surface area contributed by atoms with Crippen molar-refractivity contribution < 1.29 is 9.53 Å². The number of rotatable bonds is 4. The van der Waals surface area contributed by atoms with Crippen molar-refractivity contribution >= 4 is 17.3 Å². The van der Waals surface area contributed by atoms with Gasteiger partial charge < -0.3 is 4.74 Å². The molecule has 1 aliphatic rings. The normalized spacial score (nSPS) is 17.2. The number of piperidine rings is 1. The van der Waals surface area contributed by atoms with Crippen molar-refractivity contribution in [2.45, 2.75) is 33.2 Å². The summed E-state index contributed by atoms with van der Waals surface area (Å²) >= 11 is 1.82. The van der Waals surface area contributed by atoms with Gasteiger partial charge in [-0.1, -0.05) is 13.5 Å². The average Bonchev–Trinajstić information content (AvgIpc) is 2.84. The van der Waals surface area contributed by atoms with E-state index in [1.165, 1.54) is 12.0 Å². The minimum atomic E-state index is -0.0679. The fraction of sp³-hybridized carbons (Fsp3) is 0.643. The van der Waals surface area contributed by atoms with Crippen molar-refractivity contribution in [1.29, 1.82) is 0 Å². The van der Waals surface area contributed by atoms with Crippen molar-refractivity contribution in [2.75, 3.05) is 20.2 Å². The predicted molar refractivity (Wildman–Crippen MR) is 75.7 cm³/mol. The Morgan fingerprint density at radius 2 is 2.22 bits per heavy atom. The maximum Gasteiger partial charge on any atom is 0.305 e. The number of hydrogen-bond acceptors (Lipinski definition) is 4. The van der Waals surface area contributed by atoms with Gasteiger partial charge in [0.05, 0.1) is 7.11 Å². The molecule has 1 aromatic heterocycles. The molecule has 0 saturated carbocycles. The van der Waals surface area contributed by atoms with E-state index in [9.17, 15) is 4.79 Å². The van der Waals surface area contributed by atoms with Crippen LogP contribution in [0.25, 0.3) is 0 Å². The van der Waals surface area contributed by atoms with Crippen LogP contribution >= 0.6 is 11.3 Å². The van der Waals surface area contributed by atoms with Crippen LogP contribution in [0, 0.1) is 5.92 Å². The van der Waals surface area contributed by atoms with Gasteiger partial charge in [0, 0.05) is 17.8 Å². The van der Waals surface area contributed by atoms with Gasteiger partial charge in [0.25, 0.3) is 0 Å². The molecule has 2 heterocycles. The molecule has 1 saturated heterocycles. The third kappa shape index (κ3) is 4.42. The van der Waals surface area contributed by atoms with Gasteiger partial charge in [-0.3, -0.25) is 9.69 Å². The number of carbonyl (C=O) groups is 1. The quantitative estimate of drug-likeness (QED) is 0.786. The Balaban J connectivity index is 0.00000162. The maximum atomic E-state index is 11.2. The zero-order valence-corrected chi connectivity index (χ0v) is 11.0. The zero-order chi connectivity index (χ0) is 12.1. The molecular formula is C14H23NO2S. The highest BCUT2D eigenvalue weighted by Gasteiger charge is 2.21. The second-order valence-corrected chi connectivity index (χ2v) is 5.61. The molecule has 0 aromatic carbocycles. The van der Waals surface area contributed by atoms with Gasteiger partial charge in [0.15, 0.2) is 0 Å².